The van der Waals surface area contributed by atoms with Crippen LogP contribution < -0.4 is 5.73 Å². The van der Waals surface area contributed by atoms with Crippen molar-refractivity contribution in [2.24, 2.45) is 5.73 Å². The summed E-state index contributed by atoms with van der Waals surface area (Å²) < 4.78 is 5.32. The van der Waals surface area contributed by atoms with Crippen molar-refractivity contribution in [3.05, 3.63) is 0 Å². The number of nitrogens with two attached hydrogens (primary N) is 1. The van der Waals surface area contributed by atoms with Crippen LogP contribution in [-0.4, -0.2) is 55.0 Å². The molecule has 0 amide bonds. The van der Waals surface area contributed by atoms with E-state index in [1.165, 1.54) is 0 Å². The van der Waals surface area contributed by atoms with Crippen molar-refractivity contribution in [3.63, 3.8) is 0 Å². The third-order valence-corrected chi connectivity index (χ3v) is 2.53. The quantitative estimate of drug-likeness (QED) is 0.619. The van der Waals surface area contributed by atoms with Crippen molar-refractivity contribution < 1.29 is 9.84 Å². The van der Waals surface area contributed by atoms with Crippen molar-refractivity contribution in [1.82, 2.24) is 4.90 Å². The normalized spacial score (nSPS) is 27.5. The van der Waals surface area contributed by atoms with Gasteiger partial charge in [-0.3, -0.25) is 4.90 Å². The summed E-state index contributed by atoms with van der Waals surface area (Å²) in [6, 6.07) is 0.471. The van der Waals surface area contributed by atoms with Crippen LogP contribution >= 0.6 is 0 Å². The van der Waals surface area contributed by atoms with Crippen LogP contribution in [0.5, 0.6) is 0 Å². The van der Waals surface area contributed by atoms with Gasteiger partial charge in [0.05, 0.1) is 19.3 Å². The first-order valence-electron chi connectivity index (χ1n) is 4.94. The molecule has 0 bridgehead atoms. The first-order chi connectivity index (χ1) is 6.24. The summed E-state index contributed by atoms with van der Waals surface area (Å²) >= 11 is 0. The van der Waals surface area contributed by atoms with Gasteiger partial charge in [-0.1, -0.05) is 0 Å². The van der Waals surface area contributed by atoms with Crippen LogP contribution in [0.3, 0.4) is 0 Å². The van der Waals surface area contributed by atoms with Crippen LogP contribution in [0.1, 0.15) is 13.3 Å². The summed E-state index contributed by atoms with van der Waals surface area (Å²) in [4.78, 5) is 2.34. The van der Waals surface area contributed by atoms with Crippen LogP contribution in [0.15, 0.2) is 0 Å². The van der Waals surface area contributed by atoms with E-state index in [2.05, 4.69) is 11.8 Å². The zero-order chi connectivity index (χ0) is 9.68. The van der Waals surface area contributed by atoms with Gasteiger partial charge in [0.2, 0.25) is 0 Å². The molecule has 0 spiro atoms. The zero-order valence-electron chi connectivity index (χ0n) is 8.28. The van der Waals surface area contributed by atoms with Crippen LogP contribution in [-0.2, 0) is 4.74 Å². The largest absolute Gasteiger partial charge is 0.392 e. The predicted molar refractivity (Wildman–Crippen MR) is 51.5 cm³/mol. The maximum absolute atomic E-state index is 9.29. The molecule has 2 atom stereocenters. The summed E-state index contributed by atoms with van der Waals surface area (Å²) in [5, 5.41) is 9.29. The maximum atomic E-state index is 9.29. The maximum Gasteiger partial charge on any atom is 0.0674 e. The van der Waals surface area contributed by atoms with E-state index in [1.54, 1.807) is 0 Å². The van der Waals surface area contributed by atoms with Gasteiger partial charge in [0.25, 0.3) is 0 Å². The topological polar surface area (TPSA) is 58.7 Å². The molecule has 0 aromatic heterocycles. The van der Waals surface area contributed by atoms with E-state index in [0.717, 1.165) is 32.7 Å². The Balaban J connectivity index is 2.18. The Morgan fingerprint density at radius 1 is 1.69 bits per heavy atom. The lowest BCUT2D eigenvalue weighted by atomic mass is 10.2. The Morgan fingerprint density at radius 2 is 2.46 bits per heavy atom. The number of aliphatic hydroxyl groups is 1. The molecule has 3 N–H and O–H groups in total. The number of morpholine rings is 1. The molecule has 0 saturated carbocycles. The average Bonchev–Trinajstić information content (AvgIpc) is 2.16. The molecule has 4 heteroatoms. The number of hydrogen-bond acceptors (Lipinski definition) is 4. The van der Waals surface area contributed by atoms with Crippen LogP contribution in [0, 0.1) is 0 Å². The molecule has 78 valence electrons. The van der Waals surface area contributed by atoms with Gasteiger partial charge < -0.3 is 15.6 Å². The number of nitrogens with zero attached hydrogens (tertiary/aromatic N) is 1. The van der Waals surface area contributed by atoms with E-state index in [-0.39, 0.29) is 6.10 Å². The highest BCUT2D eigenvalue weighted by Gasteiger charge is 2.18. The zero-order valence-corrected chi connectivity index (χ0v) is 8.28. The summed E-state index contributed by atoms with van der Waals surface area (Å²) in [7, 11) is 0. The van der Waals surface area contributed by atoms with Crippen molar-refractivity contribution >= 4 is 0 Å². The first kappa shape index (κ1) is 10.9. The van der Waals surface area contributed by atoms with E-state index in [4.69, 9.17) is 10.5 Å². The predicted octanol–water partition coefficient (Wildman–Crippen LogP) is -0.583. The van der Waals surface area contributed by atoms with Crippen molar-refractivity contribution in [2.75, 3.05) is 32.8 Å². The molecule has 1 aliphatic rings. The molecule has 1 aliphatic heterocycles. The Hall–Kier alpha value is -0.160. The number of hydrogen-bond donors (Lipinski definition) is 2. The highest BCUT2D eigenvalue weighted by Crippen LogP contribution is 2.07. The average molecular weight is 188 g/mol. The second-order valence-corrected chi connectivity index (χ2v) is 3.64. The van der Waals surface area contributed by atoms with Crippen molar-refractivity contribution in [2.45, 2.75) is 25.5 Å². The van der Waals surface area contributed by atoms with Crippen LogP contribution in [0.25, 0.3) is 0 Å². The number of ether oxygens (including phenoxy) is 1. The molecule has 1 heterocycles. The third-order valence-electron chi connectivity index (χ3n) is 2.53. The Morgan fingerprint density at radius 3 is 3.08 bits per heavy atom. The van der Waals surface area contributed by atoms with E-state index < -0.39 is 0 Å². The fourth-order valence-corrected chi connectivity index (χ4v) is 1.53. The van der Waals surface area contributed by atoms with Crippen LogP contribution in [0.2, 0.25) is 0 Å². The molecular formula is C9H20N2O2. The molecular weight excluding hydrogens is 168 g/mol. The summed E-state index contributed by atoms with van der Waals surface area (Å²) in [6.45, 7) is 6.01. The standard InChI is InChI=1S/C9H20N2O2/c1-8-7-13-5-4-11(8)3-2-9(12)6-10/h8-9,12H,2-7,10H2,1H3. The van der Waals surface area contributed by atoms with E-state index in [0.29, 0.717) is 12.6 Å². The smallest absolute Gasteiger partial charge is 0.0674 e. The van der Waals surface area contributed by atoms with Gasteiger partial charge in [-0.2, -0.15) is 0 Å². The lowest BCUT2D eigenvalue weighted by Gasteiger charge is -2.33. The highest BCUT2D eigenvalue weighted by molar-refractivity contribution is 4.72. The fraction of sp³-hybridized carbons (Fsp3) is 1.00. The van der Waals surface area contributed by atoms with Crippen molar-refractivity contribution in [1.29, 1.82) is 0 Å². The Kier molecular flexibility index (Phi) is 4.66. The minimum Gasteiger partial charge on any atom is -0.392 e. The van der Waals surface area contributed by atoms with E-state index in [9.17, 15) is 5.11 Å². The van der Waals surface area contributed by atoms with Gasteiger partial charge in [-0.05, 0) is 13.3 Å². The molecule has 1 rings (SSSR count). The Labute approximate surface area is 79.7 Å². The number of aliphatic hydroxyl groups excluding tert-OH is 1. The van der Waals surface area contributed by atoms with Gasteiger partial charge in [0, 0.05) is 25.7 Å². The molecule has 0 aromatic carbocycles. The van der Waals surface area contributed by atoms with Gasteiger partial charge >= 0.3 is 0 Å². The molecule has 13 heavy (non-hydrogen) atoms. The number of rotatable bonds is 4. The highest BCUT2D eigenvalue weighted by atomic mass is 16.5. The molecule has 1 fully saturated rings. The lowest BCUT2D eigenvalue weighted by molar-refractivity contribution is -0.00582. The van der Waals surface area contributed by atoms with Gasteiger partial charge in [-0.25, -0.2) is 0 Å². The second-order valence-electron chi connectivity index (χ2n) is 3.64. The minimum absolute atomic E-state index is 0.352. The Bertz CT molecular complexity index is 144. The third kappa shape index (κ3) is 3.60. The van der Waals surface area contributed by atoms with Gasteiger partial charge in [-0.15, -0.1) is 0 Å². The minimum atomic E-state index is -0.352. The summed E-state index contributed by atoms with van der Waals surface area (Å²) in [6.07, 6.45) is 0.413. The first-order valence-corrected chi connectivity index (χ1v) is 4.94. The molecule has 0 radical (unpaired) electrons. The van der Waals surface area contributed by atoms with Crippen LogP contribution in [0.4, 0.5) is 0 Å². The summed E-state index contributed by atoms with van der Waals surface area (Å²) in [5.41, 5.74) is 5.33. The fourth-order valence-electron chi connectivity index (χ4n) is 1.53. The van der Waals surface area contributed by atoms with Crippen molar-refractivity contribution in [3.8, 4) is 0 Å². The molecule has 4 nitrogen and oxygen atoms in total. The molecule has 1 saturated heterocycles. The van der Waals surface area contributed by atoms with E-state index >= 15 is 0 Å². The monoisotopic (exact) mass is 188 g/mol. The second kappa shape index (κ2) is 5.54. The molecule has 0 aromatic rings. The summed E-state index contributed by atoms with van der Waals surface area (Å²) in [5.74, 6) is 0. The lowest BCUT2D eigenvalue weighted by Crippen LogP contribution is -2.45. The molecule has 2 unspecified atom stereocenters. The van der Waals surface area contributed by atoms with E-state index in [1.807, 2.05) is 0 Å². The SMILES string of the molecule is CC1COCCN1CCC(O)CN. The molecule has 0 aliphatic carbocycles. The van der Waals surface area contributed by atoms with Gasteiger partial charge in [0.15, 0.2) is 0 Å². The van der Waals surface area contributed by atoms with Gasteiger partial charge in [0.1, 0.15) is 0 Å².